The first-order chi connectivity index (χ1) is 12.9. The number of aromatic nitrogens is 2. The van der Waals surface area contributed by atoms with E-state index in [1.54, 1.807) is 6.07 Å². The van der Waals surface area contributed by atoms with Crippen molar-refractivity contribution in [3.05, 3.63) is 81.4 Å². The predicted octanol–water partition coefficient (Wildman–Crippen LogP) is 4.64. The zero-order chi connectivity index (χ0) is 19.4. The highest BCUT2D eigenvalue weighted by atomic mass is 32.2. The van der Waals surface area contributed by atoms with Crippen molar-refractivity contribution in [3.8, 4) is 11.3 Å². The molecule has 0 atom stereocenters. The minimum Gasteiger partial charge on any atom is -0.293 e. The van der Waals surface area contributed by atoms with Crippen LogP contribution in [0.15, 0.2) is 59.6 Å². The molecule has 136 valence electrons. The lowest BCUT2D eigenvalue weighted by Gasteiger charge is -2.06. The van der Waals surface area contributed by atoms with Crippen LogP contribution in [0.2, 0.25) is 0 Å². The largest absolute Gasteiger partial charge is 0.293 e. The number of hydrogen-bond donors (Lipinski definition) is 0. The Balaban J connectivity index is 1.67. The minimum atomic E-state index is -0.513. The molecule has 0 aliphatic carbocycles. The van der Waals surface area contributed by atoms with Gasteiger partial charge in [0.1, 0.15) is 5.03 Å². The monoisotopic (exact) mass is 379 g/mol. The van der Waals surface area contributed by atoms with Gasteiger partial charge in [-0.25, -0.2) is 0 Å². The molecule has 0 radical (unpaired) electrons. The molecule has 6 nitrogen and oxygen atoms in total. The number of benzene rings is 2. The maximum absolute atomic E-state index is 12.3. The SMILES string of the molecule is Cc1ccc(-c2ccc(SCC(=O)c3cccc([N+](=O)[O-])c3)nn2)c(C)c1. The van der Waals surface area contributed by atoms with Crippen molar-refractivity contribution in [2.75, 3.05) is 5.75 Å². The maximum Gasteiger partial charge on any atom is 0.270 e. The van der Waals surface area contributed by atoms with Crippen LogP contribution >= 0.6 is 11.8 Å². The molecular weight excluding hydrogens is 362 g/mol. The summed E-state index contributed by atoms with van der Waals surface area (Å²) in [5, 5.41) is 19.9. The average Bonchev–Trinajstić information content (AvgIpc) is 2.67. The lowest BCUT2D eigenvalue weighted by molar-refractivity contribution is -0.384. The molecule has 3 aromatic rings. The number of nitro groups is 1. The Morgan fingerprint density at radius 1 is 1.07 bits per heavy atom. The molecule has 0 aliphatic rings. The van der Waals surface area contributed by atoms with Gasteiger partial charge in [-0.2, -0.15) is 0 Å². The van der Waals surface area contributed by atoms with Crippen LogP contribution in [-0.4, -0.2) is 26.7 Å². The van der Waals surface area contributed by atoms with E-state index >= 15 is 0 Å². The predicted molar refractivity (Wildman–Crippen MR) is 105 cm³/mol. The second-order valence-electron chi connectivity index (χ2n) is 6.09. The first-order valence-electron chi connectivity index (χ1n) is 8.26. The number of non-ortho nitro benzene ring substituents is 1. The Labute approximate surface area is 160 Å². The van der Waals surface area contributed by atoms with E-state index in [0.29, 0.717) is 10.6 Å². The second-order valence-corrected chi connectivity index (χ2v) is 7.09. The highest BCUT2D eigenvalue weighted by molar-refractivity contribution is 7.99. The van der Waals surface area contributed by atoms with Crippen molar-refractivity contribution in [3.63, 3.8) is 0 Å². The van der Waals surface area contributed by atoms with Crippen LogP contribution in [0.1, 0.15) is 21.5 Å². The Bertz CT molecular complexity index is 1000. The maximum atomic E-state index is 12.3. The van der Waals surface area contributed by atoms with E-state index in [9.17, 15) is 14.9 Å². The van der Waals surface area contributed by atoms with Gasteiger partial charge in [0.15, 0.2) is 5.78 Å². The molecule has 0 saturated heterocycles. The molecule has 27 heavy (non-hydrogen) atoms. The van der Waals surface area contributed by atoms with Gasteiger partial charge in [0.25, 0.3) is 5.69 Å². The number of rotatable bonds is 6. The molecule has 0 aliphatic heterocycles. The van der Waals surface area contributed by atoms with Crippen LogP contribution in [0.4, 0.5) is 5.69 Å². The van der Waals surface area contributed by atoms with Crippen molar-refractivity contribution >= 4 is 23.2 Å². The summed E-state index contributed by atoms with van der Waals surface area (Å²) in [5.74, 6) is -0.0531. The number of aryl methyl sites for hydroxylation is 2. The number of carbonyl (C=O) groups excluding carboxylic acids is 1. The van der Waals surface area contributed by atoms with Gasteiger partial charge in [0.05, 0.1) is 16.4 Å². The molecule has 0 saturated carbocycles. The van der Waals surface area contributed by atoms with E-state index in [1.807, 2.05) is 38.1 Å². The summed E-state index contributed by atoms with van der Waals surface area (Å²) in [6, 6.07) is 15.6. The van der Waals surface area contributed by atoms with Crippen molar-refractivity contribution < 1.29 is 9.72 Å². The third kappa shape index (κ3) is 4.57. The lowest BCUT2D eigenvalue weighted by Crippen LogP contribution is -2.03. The van der Waals surface area contributed by atoms with Gasteiger partial charge < -0.3 is 0 Å². The van der Waals surface area contributed by atoms with Crippen molar-refractivity contribution in [1.82, 2.24) is 10.2 Å². The molecule has 0 bridgehead atoms. The summed E-state index contributed by atoms with van der Waals surface area (Å²) in [4.78, 5) is 22.6. The Morgan fingerprint density at radius 3 is 2.56 bits per heavy atom. The molecule has 0 spiro atoms. The Kier molecular flexibility index (Phi) is 5.61. The molecule has 3 rings (SSSR count). The molecule has 1 aromatic heterocycles. The average molecular weight is 379 g/mol. The van der Waals surface area contributed by atoms with E-state index in [-0.39, 0.29) is 17.2 Å². The van der Waals surface area contributed by atoms with E-state index < -0.39 is 4.92 Å². The van der Waals surface area contributed by atoms with Crippen LogP contribution in [-0.2, 0) is 0 Å². The van der Waals surface area contributed by atoms with E-state index in [2.05, 4.69) is 16.3 Å². The van der Waals surface area contributed by atoms with Crippen molar-refractivity contribution in [2.45, 2.75) is 18.9 Å². The molecule has 7 heteroatoms. The molecule has 0 amide bonds. The number of nitrogens with zero attached hydrogens (tertiary/aromatic N) is 3. The summed E-state index contributed by atoms with van der Waals surface area (Å²) >= 11 is 1.26. The Morgan fingerprint density at radius 2 is 1.89 bits per heavy atom. The minimum absolute atomic E-state index is 0.0940. The van der Waals surface area contributed by atoms with Gasteiger partial charge in [-0.15, -0.1) is 10.2 Å². The number of ketones is 1. The quantitative estimate of drug-likeness (QED) is 0.268. The van der Waals surface area contributed by atoms with Gasteiger partial charge in [-0.05, 0) is 31.5 Å². The molecule has 1 heterocycles. The zero-order valence-corrected chi connectivity index (χ0v) is 15.7. The first kappa shape index (κ1) is 18.7. The molecule has 2 aromatic carbocycles. The van der Waals surface area contributed by atoms with E-state index in [1.165, 1.54) is 35.5 Å². The van der Waals surface area contributed by atoms with Crippen LogP contribution in [0.25, 0.3) is 11.3 Å². The lowest BCUT2D eigenvalue weighted by atomic mass is 10.0. The number of Topliss-reactive ketones (excluding diaryl/α,β-unsaturated/α-hetero) is 1. The smallest absolute Gasteiger partial charge is 0.270 e. The summed E-state index contributed by atoms with van der Waals surface area (Å²) in [5.41, 5.74) is 4.35. The molecular formula is C20H17N3O3S. The zero-order valence-electron chi connectivity index (χ0n) is 14.9. The number of hydrogen-bond acceptors (Lipinski definition) is 6. The number of nitro benzene ring substituents is 1. The fraction of sp³-hybridized carbons (Fsp3) is 0.150. The molecule has 0 fully saturated rings. The van der Waals surface area contributed by atoms with Crippen LogP contribution < -0.4 is 0 Å². The summed E-state index contributed by atoms with van der Waals surface area (Å²) in [6.45, 7) is 4.07. The van der Waals surface area contributed by atoms with Gasteiger partial charge in [0, 0.05) is 23.3 Å². The van der Waals surface area contributed by atoms with Crippen LogP contribution in [0.5, 0.6) is 0 Å². The summed E-state index contributed by atoms with van der Waals surface area (Å²) in [7, 11) is 0. The van der Waals surface area contributed by atoms with Crippen molar-refractivity contribution in [1.29, 1.82) is 0 Å². The summed E-state index contributed by atoms with van der Waals surface area (Å²) in [6.07, 6.45) is 0. The molecule has 0 N–H and O–H groups in total. The Hall–Kier alpha value is -3.06. The van der Waals surface area contributed by atoms with Gasteiger partial charge in [-0.3, -0.25) is 14.9 Å². The number of carbonyl (C=O) groups is 1. The van der Waals surface area contributed by atoms with Gasteiger partial charge in [0.2, 0.25) is 0 Å². The molecule has 0 unspecified atom stereocenters. The third-order valence-electron chi connectivity index (χ3n) is 4.03. The van der Waals surface area contributed by atoms with Gasteiger partial charge >= 0.3 is 0 Å². The highest BCUT2D eigenvalue weighted by Gasteiger charge is 2.12. The summed E-state index contributed by atoms with van der Waals surface area (Å²) < 4.78 is 0. The fourth-order valence-electron chi connectivity index (χ4n) is 2.66. The second kappa shape index (κ2) is 8.09. The number of thioether (sulfide) groups is 1. The third-order valence-corrected chi connectivity index (χ3v) is 4.95. The van der Waals surface area contributed by atoms with E-state index in [4.69, 9.17) is 0 Å². The fourth-order valence-corrected chi connectivity index (χ4v) is 3.37. The van der Waals surface area contributed by atoms with E-state index in [0.717, 1.165) is 16.8 Å². The van der Waals surface area contributed by atoms with Crippen molar-refractivity contribution in [2.24, 2.45) is 0 Å². The highest BCUT2D eigenvalue weighted by Crippen LogP contribution is 2.24. The van der Waals surface area contributed by atoms with Crippen LogP contribution in [0, 0.1) is 24.0 Å². The first-order valence-corrected chi connectivity index (χ1v) is 9.24. The topological polar surface area (TPSA) is 86.0 Å². The normalized spacial score (nSPS) is 10.6. The van der Waals surface area contributed by atoms with Crippen LogP contribution in [0.3, 0.4) is 0 Å². The standard InChI is InChI=1S/C20H17N3O3S/c1-13-6-7-17(14(2)10-13)18-8-9-20(22-21-18)27-12-19(24)15-4-3-5-16(11-15)23(25)26/h3-11H,12H2,1-2H3. The van der Waals surface area contributed by atoms with Gasteiger partial charge in [-0.1, -0.05) is 47.7 Å².